The van der Waals surface area contributed by atoms with Crippen LogP contribution in [0.3, 0.4) is 0 Å². The van der Waals surface area contributed by atoms with Crippen molar-refractivity contribution < 1.29 is 49.1 Å². The Bertz CT molecular complexity index is 1240. The number of hydrogen-bond acceptors (Lipinski definition) is 2. The summed E-state index contributed by atoms with van der Waals surface area (Å²) in [6.07, 6.45) is -16.1. The number of benzene rings is 2. The van der Waals surface area contributed by atoms with Gasteiger partial charge >= 0.3 is 18.5 Å². The highest BCUT2D eigenvalue weighted by atomic mass is 35.5. The zero-order chi connectivity index (χ0) is 29.9. The fourth-order valence-electron chi connectivity index (χ4n) is 3.16. The predicted octanol–water partition coefficient (Wildman–Crippen LogP) is 8.47. The lowest BCUT2D eigenvalue weighted by molar-refractivity contribution is -0.149. The van der Waals surface area contributed by atoms with E-state index in [-0.39, 0.29) is 20.6 Å². The molecule has 1 atom stereocenters. The second-order valence-electron chi connectivity index (χ2n) is 7.99. The standard InChI is InChI=1S/C23H16Cl3F9N2O2/c1-37(18(38)6-7-21(27,28)29)36-20(39)13-4-2-11(8-15(13)23(33,34)35)3-5-14(22(30,31)32)12-9-16(24)19(26)17(25)10-12/h2-5,8-10,14H,6-7H2,1H3,(H,36,39)/b5-3+. The Balaban J connectivity index is 2.37. The number of rotatable bonds is 6. The second kappa shape index (κ2) is 12.3. The van der Waals surface area contributed by atoms with Crippen LogP contribution >= 0.6 is 34.8 Å². The number of halogens is 12. The summed E-state index contributed by atoms with van der Waals surface area (Å²) in [6.45, 7) is 0. The first-order valence-electron chi connectivity index (χ1n) is 10.5. The van der Waals surface area contributed by atoms with Crippen LogP contribution in [-0.4, -0.2) is 36.2 Å². The maximum Gasteiger partial charge on any atom is 0.417 e. The lowest BCUT2D eigenvalue weighted by Gasteiger charge is -2.21. The van der Waals surface area contributed by atoms with E-state index in [0.717, 1.165) is 31.3 Å². The van der Waals surface area contributed by atoms with Crippen molar-refractivity contribution in [3.05, 3.63) is 73.7 Å². The lowest BCUT2D eigenvalue weighted by atomic mass is 9.96. The minimum atomic E-state index is -5.17. The van der Waals surface area contributed by atoms with Gasteiger partial charge in [-0.2, -0.15) is 39.5 Å². The van der Waals surface area contributed by atoms with Gasteiger partial charge in [-0.3, -0.25) is 20.0 Å². The van der Waals surface area contributed by atoms with Crippen LogP contribution in [0.5, 0.6) is 0 Å². The number of nitrogens with zero attached hydrogens (tertiary/aromatic N) is 1. The average molecular weight is 630 g/mol. The van der Waals surface area contributed by atoms with Gasteiger partial charge < -0.3 is 0 Å². The van der Waals surface area contributed by atoms with E-state index in [9.17, 15) is 49.1 Å². The van der Waals surface area contributed by atoms with Crippen LogP contribution in [0, 0.1) is 0 Å². The zero-order valence-corrected chi connectivity index (χ0v) is 21.6. The van der Waals surface area contributed by atoms with Crippen LogP contribution in [0.4, 0.5) is 39.5 Å². The Morgan fingerprint density at radius 3 is 2.00 bits per heavy atom. The number of nitrogens with one attached hydrogen (secondary N) is 1. The molecule has 0 fully saturated rings. The number of hydrogen-bond donors (Lipinski definition) is 1. The fourth-order valence-corrected chi connectivity index (χ4v) is 3.77. The summed E-state index contributed by atoms with van der Waals surface area (Å²) in [6, 6.07) is 3.75. The van der Waals surface area contributed by atoms with Crippen LogP contribution in [0.1, 0.15) is 45.8 Å². The SMILES string of the molecule is CN(NC(=O)c1ccc(/C=C/C(c2cc(Cl)c(Cl)c(Cl)c2)C(F)(F)F)cc1C(F)(F)F)C(=O)CCC(F)(F)F. The molecule has 0 radical (unpaired) electrons. The van der Waals surface area contributed by atoms with Crippen molar-refractivity contribution in [2.45, 2.75) is 37.3 Å². The molecule has 0 saturated heterocycles. The lowest BCUT2D eigenvalue weighted by Crippen LogP contribution is -2.44. The molecule has 0 spiro atoms. The van der Waals surface area contributed by atoms with Gasteiger partial charge in [-0.1, -0.05) is 53.0 Å². The first-order valence-corrected chi connectivity index (χ1v) is 11.6. The summed E-state index contributed by atoms with van der Waals surface area (Å²) in [5.74, 6) is -5.06. The summed E-state index contributed by atoms with van der Waals surface area (Å²) in [5.41, 5.74) is -1.68. The molecule has 4 nitrogen and oxygen atoms in total. The van der Waals surface area contributed by atoms with Gasteiger partial charge in [-0.05, 0) is 35.4 Å². The first-order chi connectivity index (χ1) is 17.7. The van der Waals surface area contributed by atoms with E-state index in [2.05, 4.69) is 0 Å². The molecule has 0 saturated carbocycles. The van der Waals surface area contributed by atoms with Crippen LogP contribution in [0.2, 0.25) is 15.1 Å². The molecular formula is C23H16Cl3F9N2O2. The summed E-state index contributed by atoms with van der Waals surface area (Å²) >= 11 is 17.3. The molecule has 2 aromatic rings. The number of allylic oxidation sites excluding steroid dienone is 1. The molecule has 1 unspecified atom stereocenters. The molecule has 0 aliphatic heterocycles. The molecule has 1 N–H and O–H groups in total. The smallest absolute Gasteiger partial charge is 0.273 e. The monoisotopic (exact) mass is 628 g/mol. The predicted molar refractivity (Wildman–Crippen MR) is 126 cm³/mol. The molecule has 0 aromatic heterocycles. The van der Waals surface area contributed by atoms with E-state index in [0.29, 0.717) is 23.2 Å². The minimum Gasteiger partial charge on any atom is -0.273 e. The summed E-state index contributed by atoms with van der Waals surface area (Å²) in [7, 11) is 0.841. The zero-order valence-electron chi connectivity index (χ0n) is 19.3. The highest BCUT2D eigenvalue weighted by Crippen LogP contribution is 2.41. The number of alkyl halides is 9. The topological polar surface area (TPSA) is 49.4 Å². The summed E-state index contributed by atoms with van der Waals surface area (Å²) in [5, 5.41) is -0.446. The van der Waals surface area contributed by atoms with Crippen LogP contribution in [-0.2, 0) is 11.0 Å². The Morgan fingerprint density at radius 1 is 0.949 bits per heavy atom. The molecule has 2 amide bonds. The van der Waals surface area contributed by atoms with Crippen molar-refractivity contribution in [1.29, 1.82) is 0 Å². The van der Waals surface area contributed by atoms with Crippen LogP contribution in [0.15, 0.2) is 36.4 Å². The van der Waals surface area contributed by atoms with Gasteiger partial charge in [-0.15, -0.1) is 0 Å². The molecular weight excluding hydrogens is 614 g/mol. The van der Waals surface area contributed by atoms with E-state index in [1.54, 1.807) is 5.43 Å². The fraction of sp³-hybridized carbons (Fsp3) is 0.304. The van der Waals surface area contributed by atoms with Gasteiger partial charge in [0.15, 0.2) is 0 Å². The quantitative estimate of drug-likeness (QED) is 0.198. The van der Waals surface area contributed by atoms with E-state index >= 15 is 0 Å². The Labute approximate surface area is 230 Å². The van der Waals surface area contributed by atoms with E-state index in [4.69, 9.17) is 34.8 Å². The third-order valence-electron chi connectivity index (χ3n) is 5.06. The number of hydrazine groups is 1. The number of carbonyl (C=O) groups is 2. The van der Waals surface area contributed by atoms with Crippen molar-refractivity contribution in [3.63, 3.8) is 0 Å². The summed E-state index contributed by atoms with van der Waals surface area (Å²) in [4.78, 5) is 24.1. The average Bonchev–Trinajstić information content (AvgIpc) is 2.78. The molecule has 2 rings (SSSR count). The van der Waals surface area contributed by atoms with Gasteiger partial charge in [0.05, 0.1) is 38.5 Å². The van der Waals surface area contributed by atoms with Gasteiger partial charge in [0.1, 0.15) is 0 Å². The highest BCUT2D eigenvalue weighted by molar-refractivity contribution is 6.48. The molecule has 16 heteroatoms. The van der Waals surface area contributed by atoms with E-state index in [1.807, 2.05) is 0 Å². The van der Waals surface area contributed by atoms with E-state index < -0.39 is 65.8 Å². The van der Waals surface area contributed by atoms with Crippen molar-refractivity contribution in [3.8, 4) is 0 Å². The van der Waals surface area contributed by atoms with Gasteiger partial charge in [0.2, 0.25) is 5.91 Å². The maximum atomic E-state index is 13.7. The maximum absolute atomic E-state index is 13.7. The van der Waals surface area contributed by atoms with Crippen LogP contribution < -0.4 is 5.43 Å². The Hall–Kier alpha value is -2.64. The third-order valence-corrected chi connectivity index (χ3v) is 6.26. The molecule has 2 aromatic carbocycles. The minimum absolute atomic E-state index is 0.191. The van der Waals surface area contributed by atoms with Crippen LogP contribution in [0.25, 0.3) is 6.08 Å². The van der Waals surface area contributed by atoms with Crippen molar-refractivity contribution in [2.75, 3.05) is 7.05 Å². The Kier molecular flexibility index (Phi) is 10.2. The molecule has 0 aliphatic rings. The Morgan fingerprint density at radius 2 is 1.51 bits per heavy atom. The van der Waals surface area contributed by atoms with Crippen molar-refractivity contribution >= 4 is 52.7 Å². The van der Waals surface area contributed by atoms with Gasteiger partial charge in [-0.25, -0.2) is 0 Å². The molecule has 0 bridgehead atoms. The number of amides is 2. The van der Waals surface area contributed by atoms with Gasteiger partial charge in [0.25, 0.3) is 5.91 Å². The molecule has 39 heavy (non-hydrogen) atoms. The van der Waals surface area contributed by atoms with Crippen molar-refractivity contribution in [2.24, 2.45) is 0 Å². The molecule has 0 heterocycles. The normalized spacial score (nSPS) is 13.5. The first kappa shape index (κ1) is 32.6. The largest absolute Gasteiger partial charge is 0.417 e. The third kappa shape index (κ3) is 9.21. The second-order valence-corrected chi connectivity index (χ2v) is 9.18. The molecule has 0 aliphatic carbocycles. The summed E-state index contributed by atoms with van der Waals surface area (Å²) < 4.78 is 119. The van der Waals surface area contributed by atoms with Gasteiger partial charge in [0, 0.05) is 13.5 Å². The number of carbonyl (C=O) groups excluding carboxylic acids is 2. The molecule has 214 valence electrons. The van der Waals surface area contributed by atoms with Crippen molar-refractivity contribution in [1.82, 2.24) is 10.4 Å². The highest BCUT2D eigenvalue weighted by Gasteiger charge is 2.40. The van der Waals surface area contributed by atoms with E-state index in [1.165, 1.54) is 0 Å².